The van der Waals surface area contributed by atoms with Gasteiger partial charge in [-0.1, -0.05) is 6.07 Å². The zero-order valence-electron chi connectivity index (χ0n) is 7.81. The van der Waals surface area contributed by atoms with Crippen LogP contribution in [0, 0.1) is 5.82 Å². The van der Waals surface area contributed by atoms with Crippen LogP contribution in [0.1, 0.15) is 0 Å². The van der Waals surface area contributed by atoms with E-state index in [2.05, 4.69) is 15.3 Å². The van der Waals surface area contributed by atoms with Gasteiger partial charge in [-0.2, -0.15) is 0 Å². The molecule has 0 unspecified atom stereocenters. The van der Waals surface area contributed by atoms with Gasteiger partial charge < -0.3 is 11.1 Å². The summed E-state index contributed by atoms with van der Waals surface area (Å²) in [5, 5.41) is 2.87. The molecule has 76 valence electrons. The Morgan fingerprint density at radius 3 is 2.73 bits per heavy atom. The third-order valence-corrected chi connectivity index (χ3v) is 1.81. The van der Waals surface area contributed by atoms with Crippen LogP contribution >= 0.6 is 0 Å². The first-order chi connectivity index (χ1) is 7.25. The van der Waals surface area contributed by atoms with Crippen molar-refractivity contribution >= 4 is 17.3 Å². The minimum absolute atomic E-state index is 0.279. The van der Waals surface area contributed by atoms with Crippen molar-refractivity contribution in [3.05, 3.63) is 42.5 Å². The van der Waals surface area contributed by atoms with E-state index < -0.39 is 0 Å². The van der Waals surface area contributed by atoms with Crippen LogP contribution < -0.4 is 11.1 Å². The summed E-state index contributed by atoms with van der Waals surface area (Å²) in [5.74, 6) is 0.382. The van der Waals surface area contributed by atoms with E-state index in [0.29, 0.717) is 11.5 Å². The van der Waals surface area contributed by atoms with Crippen molar-refractivity contribution in [1.29, 1.82) is 0 Å². The lowest BCUT2D eigenvalue weighted by molar-refractivity contribution is 0.628. The maximum atomic E-state index is 12.9. The molecule has 1 aromatic heterocycles. The summed E-state index contributed by atoms with van der Waals surface area (Å²) < 4.78 is 12.9. The number of nitrogens with zero attached hydrogens (tertiary/aromatic N) is 2. The Hall–Kier alpha value is -2.17. The molecule has 0 amide bonds. The monoisotopic (exact) mass is 204 g/mol. The molecule has 0 aliphatic rings. The quantitative estimate of drug-likeness (QED) is 0.784. The molecule has 4 nitrogen and oxygen atoms in total. The molecule has 0 aliphatic heterocycles. The van der Waals surface area contributed by atoms with E-state index in [0.717, 1.165) is 0 Å². The van der Waals surface area contributed by atoms with Crippen LogP contribution in [0.15, 0.2) is 36.7 Å². The van der Waals surface area contributed by atoms with E-state index in [1.54, 1.807) is 12.1 Å². The number of rotatable bonds is 2. The lowest BCUT2D eigenvalue weighted by atomic mass is 10.3. The molecule has 15 heavy (non-hydrogen) atoms. The second-order valence-electron chi connectivity index (χ2n) is 2.93. The largest absolute Gasteiger partial charge is 0.381 e. The van der Waals surface area contributed by atoms with Gasteiger partial charge in [0.15, 0.2) is 11.6 Å². The number of hydrogen-bond acceptors (Lipinski definition) is 4. The average Bonchev–Trinajstić information content (AvgIpc) is 2.22. The Bertz CT molecular complexity index is 472. The molecule has 1 aromatic carbocycles. The van der Waals surface area contributed by atoms with Gasteiger partial charge in [-0.3, -0.25) is 0 Å². The fourth-order valence-corrected chi connectivity index (χ4v) is 1.15. The van der Waals surface area contributed by atoms with E-state index >= 15 is 0 Å². The lowest BCUT2D eigenvalue weighted by Gasteiger charge is -2.06. The summed E-state index contributed by atoms with van der Waals surface area (Å²) >= 11 is 0. The van der Waals surface area contributed by atoms with Gasteiger partial charge in [0.25, 0.3) is 0 Å². The second-order valence-corrected chi connectivity index (χ2v) is 2.93. The molecule has 0 saturated heterocycles. The van der Waals surface area contributed by atoms with E-state index in [9.17, 15) is 4.39 Å². The minimum Gasteiger partial charge on any atom is -0.381 e. The van der Waals surface area contributed by atoms with Gasteiger partial charge in [-0.05, 0) is 18.2 Å². The first-order valence-electron chi connectivity index (χ1n) is 4.35. The Labute approximate surface area is 86.0 Å². The maximum absolute atomic E-state index is 12.9. The molecule has 0 aliphatic carbocycles. The minimum atomic E-state index is -0.317. The Balaban J connectivity index is 2.26. The number of halogens is 1. The molecular formula is C10H9FN4. The summed E-state index contributed by atoms with van der Waals surface area (Å²) in [7, 11) is 0. The Morgan fingerprint density at radius 2 is 2.00 bits per heavy atom. The van der Waals surface area contributed by atoms with Crippen LogP contribution in [0.3, 0.4) is 0 Å². The van der Waals surface area contributed by atoms with Crippen LogP contribution in [0.4, 0.5) is 21.7 Å². The molecule has 1 heterocycles. The van der Waals surface area contributed by atoms with Crippen LogP contribution in [-0.4, -0.2) is 9.97 Å². The van der Waals surface area contributed by atoms with Crippen LogP contribution in [0.2, 0.25) is 0 Å². The second kappa shape index (κ2) is 3.91. The first kappa shape index (κ1) is 9.39. The highest BCUT2D eigenvalue weighted by atomic mass is 19.1. The van der Waals surface area contributed by atoms with Crippen molar-refractivity contribution in [1.82, 2.24) is 9.97 Å². The molecule has 0 bridgehead atoms. The van der Waals surface area contributed by atoms with Crippen LogP contribution in [0.25, 0.3) is 0 Å². The van der Waals surface area contributed by atoms with Crippen molar-refractivity contribution in [2.45, 2.75) is 0 Å². The summed E-state index contributed by atoms with van der Waals surface area (Å²) in [6.45, 7) is 0. The van der Waals surface area contributed by atoms with Crippen LogP contribution in [0.5, 0.6) is 0 Å². The number of nitrogen functional groups attached to an aromatic ring is 1. The predicted octanol–water partition coefficient (Wildman–Crippen LogP) is 1.94. The molecule has 0 saturated carbocycles. The van der Waals surface area contributed by atoms with Crippen molar-refractivity contribution in [2.75, 3.05) is 11.1 Å². The smallest absolute Gasteiger partial charge is 0.173 e. The molecular weight excluding hydrogens is 195 g/mol. The third-order valence-electron chi connectivity index (χ3n) is 1.81. The predicted molar refractivity (Wildman–Crippen MR) is 56.1 cm³/mol. The number of nitrogens with two attached hydrogens (primary N) is 1. The van der Waals surface area contributed by atoms with Gasteiger partial charge >= 0.3 is 0 Å². The van der Waals surface area contributed by atoms with E-state index in [4.69, 9.17) is 5.73 Å². The molecule has 2 rings (SSSR count). The Morgan fingerprint density at radius 1 is 1.20 bits per heavy atom. The molecule has 5 heteroatoms. The highest BCUT2D eigenvalue weighted by Crippen LogP contribution is 2.18. The molecule has 0 radical (unpaired) electrons. The van der Waals surface area contributed by atoms with E-state index in [-0.39, 0.29) is 11.6 Å². The number of anilines is 3. The number of hydrogen-bond donors (Lipinski definition) is 2. The lowest BCUT2D eigenvalue weighted by Crippen LogP contribution is -2.00. The van der Waals surface area contributed by atoms with Crippen molar-refractivity contribution in [2.24, 2.45) is 0 Å². The topological polar surface area (TPSA) is 63.8 Å². The molecule has 0 spiro atoms. The molecule has 0 atom stereocenters. The average molecular weight is 204 g/mol. The van der Waals surface area contributed by atoms with Gasteiger partial charge in [0.2, 0.25) is 0 Å². The van der Waals surface area contributed by atoms with Crippen molar-refractivity contribution in [3.63, 3.8) is 0 Å². The van der Waals surface area contributed by atoms with E-state index in [1.165, 1.54) is 24.5 Å². The summed E-state index contributed by atoms with van der Waals surface area (Å²) in [6, 6.07) is 6.04. The fourth-order valence-electron chi connectivity index (χ4n) is 1.15. The van der Waals surface area contributed by atoms with Gasteiger partial charge in [0.05, 0.1) is 0 Å². The van der Waals surface area contributed by atoms with Gasteiger partial charge in [-0.15, -0.1) is 0 Å². The zero-order valence-corrected chi connectivity index (χ0v) is 7.81. The van der Waals surface area contributed by atoms with Gasteiger partial charge in [-0.25, -0.2) is 14.4 Å². The van der Waals surface area contributed by atoms with Crippen LogP contribution in [-0.2, 0) is 0 Å². The summed E-state index contributed by atoms with van der Waals surface area (Å²) in [6.07, 6.45) is 3.00. The normalized spacial score (nSPS) is 9.93. The fraction of sp³-hybridized carbons (Fsp3) is 0. The number of nitrogens with one attached hydrogen (secondary N) is 1. The van der Waals surface area contributed by atoms with Gasteiger partial charge in [0, 0.05) is 18.1 Å². The maximum Gasteiger partial charge on any atom is 0.173 e. The summed E-state index contributed by atoms with van der Waals surface area (Å²) in [4.78, 5) is 7.84. The van der Waals surface area contributed by atoms with Gasteiger partial charge in [0.1, 0.15) is 5.82 Å². The third kappa shape index (κ3) is 2.19. The molecule has 0 fully saturated rings. The van der Waals surface area contributed by atoms with E-state index in [1.807, 2.05) is 0 Å². The number of aromatic nitrogens is 2. The number of benzene rings is 1. The standard InChI is InChI=1S/C10H9FN4/c11-7-2-1-3-8(6-7)15-10-9(12)13-4-5-14-10/h1-6H,(H2,12,13)(H,14,15). The highest BCUT2D eigenvalue weighted by Gasteiger charge is 2.01. The SMILES string of the molecule is Nc1nccnc1Nc1cccc(F)c1. The van der Waals surface area contributed by atoms with Crippen molar-refractivity contribution < 1.29 is 4.39 Å². The zero-order chi connectivity index (χ0) is 10.7. The first-order valence-corrected chi connectivity index (χ1v) is 4.35. The molecule has 3 N–H and O–H groups in total. The summed E-state index contributed by atoms with van der Waals surface area (Å²) in [5.41, 5.74) is 6.16. The van der Waals surface area contributed by atoms with Crippen molar-refractivity contribution in [3.8, 4) is 0 Å². The molecule has 2 aromatic rings. The Kier molecular flexibility index (Phi) is 2.45. The highest BCUT2D eigenvalue weighted by molar-refractivity contribution is 5.64.